The summed E-state index contributed by atoms with van der Waals surface area (Å²) in [5.41, 5.74) is 0.931. The minimum Gasteiger partial charge on any atom is -0.385 e. The molecule has 1 saturated heterocycles. The van der Waals surface area contributed by atoms with Crippen molar-refractivity contribution in [1.82, 2.24) is 0 Å². The second-order valence-corrected chi connectivity index (χ2v) is 4.61. The molecule has 0 saturated carbocycles. The molecule has 2 unspecified atom stereocenters. The van der Waals surface area contributed by atoms with E-state index in [1.807, 2.05) is 30.0 Å². The van der Waals surface area contributed by atoms with Crippen LogP contribution in [0.4, 0.5) is 5.69 Å². The maximum Gasteiger partial charge on any atom is 0.180 e. The SMILES string of the molecule is CC1CC(O)C(=O)CN1c1cccc(Cl)c1. The highest BCUT2D eigenvalue weighted by molar-refractivity contribution is 6.30. The molecular weight excluding hydrogens is 226 g/mol. The number of rotatable bonds is 1. The number of halogens is 1. The number of aliphatic hydroxyl groups is 1. The molecule has 3 nitrogen and oxygen atoms in total. The van der Waals surface area contributed by atoms with Crippen LogP contribution < -0.4 is 4.90 Å². The van der Waals surface area contributed by atoms with Crippen LogP contribution in [-0.4, -0.2) is 29.6 Å². The Balaban J connectivity index is 2.24. The number of hydrogen-bond acceptors (Lipinski definition) is 3. The van der Waals surface area contributed by atoms with Crippen LogP contribution in [0.3, 0.4) is 0 Å². The van der Waals surface area contributed by atoms with E-state index in [2.05, 4.69) is 0 Å². The molecule has 0 bridgehead atoms. The highest BCUT2D eigenvalue weighted by Gasteiger charge is 2.30. The minimum atomic E-state index is -0.814. The molecule has 0 spiro atoms. The van der Waals surface area contributed by atoms with Gasteiger partial charge < -0.3 is 10.0 Å². The summed E-state index contributed by atoms with van der Waals surface area (Å²) >= 11 is 5.92. The van der Waals surface area contributed by atoms with Crippen LogP contribution in [-0.2, 0) is 4.79 Å². The first-order chi connectivity index (χ1) is 7.58. The van der Waals surface area contributed by atoms with Crippen LogP contribution in [0.1, 0.15) is 13.3 Å². The zero-order chi connectivity index (χ0) is 11.7. The molecule has 0 amide bonds. The van der Waals surface area contributed by atoms with Crippen LogP contribution in [0.5, 0.6) is 0 Å². The number of Topliss-reactive ketones (excluding diaryl/α,β-unsaturated/α-hetero) is 1. The molecule has 1 N–H and O–H groups in total. The molecule has 0 aromatic heterocycles. The number of carbonyl (C=O) groups is 1. The maximum absolute atomic E-state index is 11.5. The molecule has 0 aliphatic carbocycles. The number of ketones is 1. The summed E-state index contributed by atoms with van der Waals surface area (Å²) < 4.78 is 0. The summed E-state index contributed by atoms with van der Waals surface area (Å²) in [6.07, 6.45) is -0.337. The molecule has 1 aromatic rings. The lowest BCUT2D eigenvalue weighted by molar-refractivity contribution is -0.127. The maximum atomic E-state index is 11.5. The lowest BCUT2D eigenvalue weighted by Crippen LogP contribution is -2.48. The third-order valence-electron chi connectivity index (χ3n) is 2.93. The molecule has 1 aliphatic rings. The van der Waals surface area contributed by atoms with E-state index in [-0.39, 0.29) is 18.4 Å². The minimum absolute atomic E-state index is 0.127. The fourth-order valence-corrected chi connectivity index (χ4v) is 2.20. The molecule has 2 rings (SSSR count). The molecule has 2 atom stereocenters. The van der Waals surface area contributed by atoms with Crippen LogP contribution in [0, 0.1) is 0 Å². The quantitative estimate of drug-likeness (QED) is 0.814. The second-order valence-electron chi connectivity index (χ2n) is 4.17. The van der Waals surface area contributed by atoms with Crippen molar-refractivity contribution in [3.63, 3.8) is 0 Å². The zero-order valence-corrected chi connectivity index (χ0v) is 9.81. The second kappa shape index (κ2) is 4.44. The Kier molecular flexibility index (Phi) is 3.17. The molecule has 1 heterocycles. The van der Waals surface area contributed by atoms with Crippen molar-refractivity contribution in [3.8, 4) is 0 Å². The summed E-state index contributed by atoms with van der Waals surface area (Å²) in [6, 6.07) is 7.57. The predicted octanol–water partition coefficient (Wildman–Crippen LogP) is 1.87. The fraction of sp³-hybridized carbons (Fsp3) is 0.417. The number of carbonyl (C=O) groups excluding carboxylic acids is 1. The molecule has 1 fully saturated rings. The van der Waals surface area contributed by atoms with Gasteiger partial charge in [0.1, 0.15) is 6.10 Å². The van der Waals surface area contributed by atoms with Crippen molar-refractivity contribution in [2.24, 2.45) is 0 Å². The van der Waals surface area contributed by atoms with Crippen molar-refractivity contribution in [2.45, 2.75) is 25.5 Å². The van der Waals surface area contributed by atoms with Crippen molar-refractivity contribution >= 4 is 23.1 Å². The van der Waals surface area contributed by atoms with Gasteiger partial charge in [-0.1, -0.05) is 17.7 Å². The van der Waals surface area contributed by atoms with Crippen LogP contribution in [0.2, 0.25) is 5.02 Å². The van der Waals surface area contributed by atoms with Gasteiger partial charge in [0, 0.05) is 23.2 Å². The molecule has 4 heteroatoms. The Morgan fingerprint density at radius 1 is 1.50 bits per heavy atom. The van der Waals surface area contributed by atoms with Gasteiger partial charge in [-0.3, -0.25) is 4.79 Å². The van der Waals surface area contributed by atoms with Gasteiger partial charge in [0.25, 0.3) is 0 Å². The first-order valence-electron chi connectivity index (χ1n) is 5.31. The molecule has 1 aliphatic heterocycles. The van der Waals surface area contributed by atoms with Gasteiger partial charge in [0.05, 0.1) is 6.54 Å². The average Bonchev–Trinajstić information content (AvgIpc) is 2.23. The summed E-state index contributed by atoms with van der Waals surface area (Å²) in [4.78, 5) is 13.5. The highest BCUT2D eigenvalue weighted by Crippen LogP contribution is 2.25. The fourth-order valence-electron chi connectivity index (χ4n) is 2.01. The van der Waals surface area contributed by atoms with Gasteiger partial charge in [-0.15, -0.1) is 0 Å². The Morgan fingerprint density at radius 2 is 2.25 bits per heavy atom. The lowest BCUT2D eigenvalue weighted by Gasteiger charge is -2.36. The van der Waals surface area contributed by atoms with Gasteiger partial charge in [0.15, 0.2) is 5.78 Å². The summed E-state index contributed by atoms with van der Waals surface area (Å²) in [6.45, 7) is 2.25. The van der Waals surface area contributed by atoms with E-state index in [9.17, 15) is 9.90 Å². The smallest absolute Gasteiger partial charge is 0.180 e. The summed E-state index contributed by atoms with van der Waals surface area (Å²) in [5, 5.41) is 10.1. The number of nitrogens with zero attached hydrogens (tertiary/aromatic N) is 1. The van der Waals surface area contributed by atoms with E-state index in [0.717, 1.165) is 5.69 Å². The number of benzene rings is 1. The largest absolute Gasteiger partial charge is 0.385 e. The van der Waals surface area contributed by atoms with E-state index >= 15 is 0 Å². The number of piperidine rings is 1. The normalized spacial score (nSPS) is 25.9. The zero-order valence-electron chi connectivity index (χ0n) is 9.06. The average molecular weight is 240 g/mol. The van der Waals surface area contributed by atoms with Crippen molar-refractivity contribution in [3.05, 3.63) is 29.3 Å². The van der Waals surface area contributed by atoms with Gasteiger partial charge in [0.2, 0.25) is 0 Å². The van der Waals surface area contributed by atoms with Gasteiger partial charge in [-0.05, 0) is 25.1 Å². The van der Waals surface area contributed by atoms with Crippen molar-refractivity contribution in [2.75, 3.05) is 11.4 Å². The standard InChI is InChI=1S/C12H14ClNO2/c1-8-5-11(15)12(16)7-14(8)10-4-2-3-9(13)6-10/h2-4,6,8,11,15H,5,7H2,1H3. The van der Waals surface area contributed by atoms with E-state index in [4.69, 9.17) is 11.6 Å². The molecule has 16 heavy (non-hydrogen) atoms. The van der Waals surface area contributed by atoms with Gasteiger partial charge >= 0.3 is 0 Å². The third kappa shape index (κ3) is 2.20. The van der Waals surface area contributed by atoms with E-state index < -0.39 is 6.10 Å². The van der Waals surface area contributed by atoms with Gasteiger partial charge in [-0.2, -0.15) is 0 Å². The lowest BCUT2D eigenvalue weighted by atomic mass is 9.99. The Bertz CT molecular complexity index is 408. The van der Waals surface area contributed by atoms with E-state index in [1.165, 1.54) is 0 Å². The van der Waals surface area contributed by atoms with Gasteiger partial charge in [-0.25, -0.2) is 0 Å². The Hall–Kier alpha value is -1.06. The van der Waals surface area contributed by atoms with Crippen LogP contribution >= 0.6 is 11.6 Å². The Morgan fingerprint density at radius 3 is 2.94 bits per heavy atom. The first-order valence-corrected chi connectivity index (χ1v) is 5.68. The third-order valence-corrected chi connectivity index (χ3v) is 3.17. The van der Waals surface area contributed by atoms with Crippen molar-refractivity contribution in [1.29, 1.82) is 0 Å². The van der Waals surface area contributed by atoms with Crippen molar-refractivity contribution < 1.29 is 9.90 Å². The first kappa shape index (κ1) is 11.4. The highest BCUT2D eigenvalue weighted by atomic mass is 35.5. The summed E-state index contributed by atoms with van der Waals surface area (Å²) in [5.74, 6) is -0.127. The number of hydrogen-bond donors (Lipinski definition) is 1. The Labute approximate surface area is 99.6 Å². The van der Waals surface area contributed by atoms with E-state index in [0.29, 0.717) is 11.4 Å². The van der Waals surface area contributed by atoms with Crippen LogP contribution in [0.15, 0.2) is 24.3 Å². The molecule has 86 valence electrons. The van der Waals surface area contributed by atoms with Crippen LogP contribution in [0.25, 0.3) is 0 Å². The number of aliphatic hydroxyl groups excluding tert-OH is 1. The molecule has 0 radical (unpaired) electrons. The monoisotopic (exact) mass is 239 g/mol. The molecular formula is C12H14ClNO2. The topological polar surface area (TPSA) is 40.5 Å². The molecule has 1 aromatic carbocycles. The van der Waals surface area contributed by atoms with E-state index in [1.54, 1.807) is 6.07 Å². The number of anilines is 1. The summed E-state index contributed by atoms with van der Waals surface area (Å²) in [7, 11) is 0. The predicted molar refractivity (Wildman–Crippen MR) is 63.9 cm³/mol.